The quantitative estimate of drug-likeness (QED) is 0.0453. The van der Waals surface area contributed by atoms with Crippen LogP contribution in [0.1, 0.15) is 84.1 Å². The number of ether oxygens (including phenoxy) is 3. The van der Waals surface area contributed by atoms with E-state index in [0.29, 0.717) is 109 Å². The second-order valence-corrected chi connectivity index (χ2v) is 29.6. The lowest BCUT2D eigenvalue weighted by Gasteiger charge is -2.24. The minimum Gasteiger partial charge on any atom is -0.457 e. The zero-order chi connectivity index (χ0) is 76.1. The molecule has 14 nitrogen and oxygen atoms in total. The van der Waals surface area contributed by atoms with Gasteiger partial charge >= 0.3 is 36.6 Å². The summed E-state index contributed by atoms with van der Waals surface area (Å²) in [4.78, 5) is 49.4. The second-order valence-electron chi connectivity index (χ2n) is 25.0. The van der Waals surface area contributed by atoms with Crippen LogP contribution in [0.2, 0.25) is 15.1 Å². The van der Waals surface area contributed by atoms with Crippen LogP contribution in [0.4, 0.5) is 71.0 Å². The van der Waals surface area contributed by atoms with Crippen molar-refractivity contribution in [3.63, 3.8) is 0 Å². The summed E-state index contributed by atoms with van der Waals surface area (Å²) >= 11 is 19.4. The number of nitrogens with zero attached hydrogens (tertiary/aromatic N) is 6. The molecule has 0 radical (unpaired) electrons. The highest BCUT2D eigenvalue weighted by atomic mass is 35.5. The molecule has 558 valence electrons. The molecule has 0 aromatic heterocycles. The number of alkyl halides is 9. The number of anilines is 3. The van der Waals surface area contributed by atoms with Gasteiger partial charge in [-0.05, 0) is 230 Å². The van der Waals surface area contributed by atoms with Gasteiger partial charge in [0, 0.05) is 77.7 Å². The maximum atomic E-state index is 13.4. The van der Waals surface area contributed by atoms with Crippen molar-refractivity contribution >= 4 is 91.6 Å². The first-order valence-electron chi connectivity index (χ1n) is 33.5. The Morgan fingerprint density at radius 3 is 0.925 bits per heavy atom. The van der Waals surface area contributed by atoms with E-state index in [2.05, 4.69) is 0 Å². The molecule has 6 amide bonds. The van der Waals surface area contributed by atoms with E-state index in [9.17, 15) is 62.3 Å². The van der Waals surface area contributed by atoms with Crippen molar-refractivity contribution < 1.29 is 76.5 Å². The van der Waals surface area contributed by atoms with Gasteiger partial charge in [-0.2, -0.15) is 51.3 Å². The summed E-state index contributed by atoms with van der Waals surface area (Å²) in [5, 5.41) is 1.77. The van der Waals surface area contributed by atoms with Crippen LogP contribution in [-0.2, 0) is 28.4 Å². The summed E-state index contributed by atoms with van der Waals surface area (Å²) in [5.41, 5.74) is 0.622. The lowest BCUT2D eigenvalue weighted by molar-refractivity contribution is -0.138. The van der Waals surface area contributed by atoms with E-state index in [1.54, 1.807) is 195 Å². The second kappa shape index (κ2) is 35.0. The van der Waals surface area contributed by atoms with Gasteiger partial charge in [0.2, 0.25) is 0 Å². The van der Waals surface area contributed by atoms with Crippen molar-refractivity contribution in [2.75, 3.05) is 78.0 Å². The van der Waals surface area contributed by atoms with E-state index in [0.717, 1.165) is 67.7 Å². The minimum absolute atomic E-state index is 0.0955. The van der Waals surface area contributed by atoms with Crippen molar-refractivity contribution in [1.29, 1.82) is 0 Å². The molecule has 3 atom stereocenters. The lowest BCUT2D eigenvalue weighted by Crippen LogP contribution is -2.33. The average Bonchev–Trinajstić information content (AvgIpc) is 1.63. The Kier molecular flexibility index (Phi) is 26.2. The number of rotatable bonds is 23. The lowest BCUT2D eigenvalue weighted by atomic mass is 10.0. The topological polar surface area (TPSA) is 132 Å². The van der Waals surface area contributed by atoms with Crippen LogP contribution in [-0.4, -0.2) is 104 Å². The van der Waals surface area contributed by atoms with Crippen LogP contribution in [0, 0.1) is 0 Å². The van der Waals surface area contributed by atoms with E-state index in [1.165, 1.54) is 28.0 Å². The van der Waals surface area contributed by atoms with Crippen molar-refractivity contribution in [1.82, 2.24) is 14.7 Å². The Balaban J connectivity index is 0.000000170. The maximum Gasteiger partial charge on any atom is 0.416 e. The fraction of sp³-hybridized carbons (Fsp3) is 0.269. The predicted molar refractivity (Wildman–Crippen MR) is 397 cm³/mol. The number of unbranched alkanes of at least 4 members (excludes halogenated alkanes) is 1. The van der Waals surface area contributed by atoms with Crippen LogP contribution in [0.25, 0.3) is 0 Å². The highest BCUT2D eigenvalue weighted by molar-refractivity contribution is 7.98. The van der Waals surface area contributed by atoms with Crippen LogP contribution >= 0.6 is 46.6 Å². The van der Waals surface area contributed by atoms with Gasteiger partial charge in [0.25, 0.3) is 0 Å². The first-order valence-corrected chi connectivity index (χ1v) is 38.0. The van der Waals surface area contributed by atoms with Gasteiger partial charge in [0.15, 0.2) is 0 Å². The van der Waals surface area contributed by atoms with Gasteiger partial charge in [0.05, 0.1) is 40.6 Å². The minimum atomic E-state index is -4.53. The molecule has 0 aliphatic carbocycles. The Hall–Kier alpha value is -9.27. The smallest absolute Gasteiger partial charge is 0.416 e. The Morgan fingerprint density at radius 1 is 0.406 bits per heavy atom. The summed E-state index contributed by atoms with van der Waals surface area (Å²) in [6.07, 6.45) is -7.56. The van der Waals surface area contributed by atoms with Gasteiger partial charge in [-0.25, -0.2) is 22.8 Å². The van der Waals surface area contributed by atoms with Gasteiger partial charge in [0.1, 0.15) is 44.3 Å². The molecular weight excluding hydrogens is 1490 g/mol. The SMILES string of the molecule is CCCCN1C[C@H](c2cccc(C(F)(F)F)c2)N(c2ccc(Oc3ccc(Cl)cc3)cc2)C1=O.CS(=O)(=O)CCCN1C[C@H](c2cccc(C(F)(F)F)c2)N(c2ccc(Oc3ccc(Cl)cc3)cc2)C1=O.CSCCCN1C[C@H](c2cccc(C(F)(F)F)c2)N(c2ccc(Oc3ccc(Cl)cc3)cc2)C1=O. The summed E-state index contributed by atoms with van der Waals surface area (Å²) in [6, 6.07) is 53.9. The summed E-state index contributed by atoms with van der Waals surface area (Å²) in [7, 11) is -3.22. The highest BCUT2D eigenvalue weighted by Gasteiger charge is 2.44. The molecule has 0 unspecified atom stereocenters. The fourth-order valence-corrected chi connectivity index (χ4v) is 13.6. The molecule has 0 saturated carbocycles. The zero-order valence-corrected chi connectivity index (χ0v) is 61.2. The van der Waals surface area contributed by atoms with Crippen molar-refractivity contribution in [2.24, 2.45) is 0 Å². The van der Waals surface area contributed by atoms with Gasteiger partial charge in [-0.15, -0.1) is 0 Å². The van der Waals surface area contributed by atoms with Crippen LogP contribution in [0.3, 0.4) is 0 Å². The maximum absolute atomic E-state index is 13.4. The third-order valence-corrected chi connectivity index (χ3v) is 19.8. The summed E-state index contributed by atoms with van der Waals surface area (Å²) in [6.45, 7) is 4.05. The molecule has 3 aliphatic rings. The number of urea groups is 3. The van der Waals surface area contributed by atoms with Crippen molar-refractivity contribution in [3.05, 3.63) is 267 Å². The third-order valence-electron chi connectivity index (χ3n) is 17.3. The predicted octanol–water partition coefficient (Wildman–Crippen LogP) is 22.4. The van der Waals surface area contributed by atoms with E-state index in [-0.39, 0.29) is 37.3 Å². The van der Waals surface area contributed by atoms with Crippen molar-refractivity contribution in [3.8, 4) is 34.5 Å². The molecule has 9 aromatic rings. The van der Waals surface area contributed by atoms with E-state index >= 15 is 0 Å². The van der Waals surface area contributed by atoms with E-state index in [1.807, 2.05) is 13.2 Å². The highest BCUT2D eigenvalue weighted by Crippen LogP contribution is 2.43. The Labute approximate surface area is 627 Å². The van der Waals surface area contributed by atoms with Gasteiger partial charge < -0.3 is 28.9 Å². The molecule has 3 saturated heterocycles. The number of benzene rings is 9. The molecule has 0 bridgehead atoms. The van der Waals surface area contributed by atoms with Gasteiger partial charge in [-0.3, -0.25) is 14.7 Å². The molecular formula is C78H72Cl3F9N6O8S2. The number of carbonyl (C=O) groups is 3. The van der Waals surface area contributed by atoms with Gasteiger partial charge in [-0.1, -0.05) is 84.5 Å². The first kappa shape index (κ1) is 79.3. The molecule has 9 aromatic carbocycles. The largest absolute Gasteiger partial charge is 0.457 e. The normalized spacial score (nSPS) is 16.3. The number of hydrogen-bond acceptors (Lipinski definition) is 9. The first-order chi connectivity index (χ1) is 50.4. The molecule has 3 fully saturated rings. The van der Waals surface area contributed by atoms with E-state index in [4.69, 9.17) is 49.0 Å². The molecule has 3 heterocycles. The fourth-order valence-electron chi connectivity index (χ4n) is 12.1. The molecule has 0 spiro atoms. The molecule has 106 heavy (non-hydrogen) atoms. The number of thioether (sulfide) groups is 1. The zero-order valence-electron chi connectivity index (χ0n) is 57.3. The number of carbonyl (C=O) groups excluding carboxylic acids is 3. The standard InChI is InChI=1S/C26H24ClF3N2O4S.C26H24ClF3N2O2S.C26H24ClF3N2O2/c1-37(34,35)15-3-14-31-17-24(18-4-2-5-19(16-18)26(28,29)30)32(25(31)33)21-8-12-23(13-9-21)36-22-10-6-20(27)7-11-22;1-35-15-3-14-31-17-24(18-4-2-5-19(16-18)26(28,29)30)32(25(31)33)21-8-12-23(13-9-21)34-22-10-6-20(27)7-11-22;1-2-3-15-31-17-24(18-5-4-6-19(16-18)26(28,29)30)32(25(31)33)21-9-13-23(14-10-21)34-22-11-7-20(27)8-12-22/h2,4-13,16,24H,3,14-15,17H2,1H3;2,4-13,16,24H,3,14-15,17H2,1H3;4-14,16,24H,2-3,15,17H2,1H3/t3*24-/m111/s1. The summed E-state index contributed by atoms with van der Waals surface area (Å²) in [5.74, 6) is 4.22. The summed E-state index contributed by atoms with van der Waals surface area (Å²) < 4.78 is 161. The average molecular weight is 1560 g/mol. The number of halogens is 12. The Morgan fingerprint density at radius 2 is 0.670 bits per heavy atom. The molecule has 0 N–H and O–H groups in total. The monoisotopic (exact) mass is 1560 g/mol. The van der Waals surface area contributed by atoms with Crippen LogP contribution < -0.4 is 28.9 Å². The molecule has 12 rings (SSSR count). The Bertz CT molecular complexity index is 4570. The number of sulfone groups is 1. The number of hydrogen-bond donors (Lipinski definition) is 0. The number of amides is 6. The molecule has 3 aliphatic heterocycles. The van der Waals surface area contributed by atoms with Crippen molar-refractivity contribution in [2.45, 2.75) is 69.3 Å². The molecule has 28 heteroatoms. The third kappa shape index (κ3) is 21.1. The van der Waals surface area contributed by atoms with Crippen LogP contribution in [0.15, 0.2) is 218 Å². The van der Waals surface area contributed by atoms with E-state index < -0.39 is 69.2 Å². The van der Waals surface area contributed by atoms with Crippen LogP contribution in [0.5, 0.6) is 34.5 Å².